The van der Waals surface area contributed by atoms with Crippen molar-refractivity contribution < 1.29 is 24.2 Å². The fraction of sp³-hybridized carbons (Fsp3) is 0.222. The molecule has 1 aromatic heterocycles. The average Bonchev–Trinajstić information content (AvgIpc) is 3.13. The second kappa shape index (κ2) is 10.2. The maximum absolute atomic E-state index is 13.2. The summed E-state index contributed by atoms with van der Waals surface area (Å²) in [4.78, 5) is 31.9. The lowest BCUT2D eigenvalue weighted by Gasteiger charge is -2.25. The number of hydrogen-bond donors (Lipinski definition) is 1. The molecule has 0 saturated carbocycles. The van der Waals surface area contributed by atoms with Crippen LogP contribution in [0, 0.1) is 0 Å². The summed E-state index contributed by atoms with van der Waals surface area (Å²) in [5.41, 5.74) is 1.94. The highest BCUT2D eigenvalue weighted by molar-refractivity contribution is 6.46. The number of benzene rings is 2. The van der Waals surface area contributed by atoms with E-state index < -0.39 is 17.7 Å². The van der Waals surface area contributed by atoms with Crippen molar-refractivity contribution in [2.45, 2.75) is 25.9 Å². The van der Waals surface area contributed by atoms with E-state index in [9.17, 15) is 14.7 Å². The van der Waals surface area contributed by atoms with Crippen LogP contribution >= 0.6 is 0 Å². The van der Waals surface area contributed by atoms with Gasteiger partial charge in [-0.15, -0.1) is 0 Å². The molecule has 1 unspecified atom stereocenters. The molecule has 34 heavy (non-hydrogen) atoms. The van der Waals surface area contributed by atoms with Gasteiger partial charge in [-0.05, 0) is 60.0 Å². The first-order valence-corrected chi connectivity index (χ1v) is 11.1. The van der Waals surface area contributed by atoms with Crippen LogP contribution in [0.1, 0.15) is 36.1 Å². The van der Waals surface area contributed by atoms with Crippen LogP contribution in [0.2, 0.25) is 0 Å². The summed E-state index contributed by atoms with van der Waals surface area (Å²) < 4.78 is 10.9. The Bertz CT molecular complexity index is 1190. The van der Waals surface area contributed by atoms with Crippen molar-refractivity contribution in [3.05, 3.63) is 95.3 Å². The first kappa shape index (κ1) is 23.0. The Labute approximate surface area is 198 Å². The van der Waals surface area contributed by atoms with Crippen molar-refractivity contribution >= 4 is 17.4 Å². The topological polar surface area (TPSA) is 89.0 Å². The predicted octanol–water partition coefficient (Wildman–Crippen LogP) is 4.50. The molecule has 7 nitrogen and oxygen atoms in total. The highest BCUT2D eigenvalue weighted by Gasteiger charge is 2.46. The Hall–Kier alpha value is -4.13. The Kier molecular flexibility index (Phi) is 6.92. The van der Waals surface area contributed by atoms with Gasteiger partial charge in [0.1, 0.15) is 17.3 Å². The maximum Gasteiger partial charge on any atom is 0.295 e. The van der Waals surface area contributed by atoms with Crippen molar-refractivity contribution in [2.24, 2.45) is 0 Å². The Balaban J connectivity index is 1.79. The number of aliphatic hydroxyl groups excluding tert-OH is 1. The van der Waals surface area contributed by atoms with E-state index in [4.69, 9.17) is 9.47 Å². The van der Waals surface area contributed by atoms with Gasteiger partial charge in [0.2, 0.25) is 0 Å². The number of aliphatic hydroxyl groups is 1. The van der Waals surface area contributed by atoms with Crippen LogP contribution < -0.4 is 9.47 Å². The van der Waals surface area contributed by atoms with Gasteiger partial charge in [-0.2, -0.15) is 0 Å². The minimum atomic E-state index is -0.762. The molecule has 174 valence electrons. The van der Waals surface area contributed by atoms with Gasteiger partial charge in [0.25, 0.3) is 11.7 Å². The number of hydrogen-bond acceptors (Lipinski definition) is 6. The molecule has 1 saturated heterocycles. The molecule has 0 radical (unpaired) electrons. The number of amides is 1. The molecule has 1 atom stereocenters. The molecule has 0 aliphatic carbocycles. The molecule has 0 spiro atoms. The summed E-state index contributed by atoms with van der Waals surface area (Å²) in [6.07, 6.45) is 4.18. The number of pyridine rings is 1. The van der Waals surface area contributed by atoms with Crippen LogP contribution in [-0.4, -0.2) is 40.4 Å². The number of rotatable bonds is 8. The van der Waals surface area contributed by atoms with E-state index in [-0.39, 0.29) is 17.9 Å². The highest BCUT2D eigenvalue weighted by Crippen LogP contribution is 2.40. The van der Waals surface area contributed by atoms with Crippen LogP contribution in [0.4, 0.5) is 0 Å². The monoisotopic (exact) mass is 458 g/mol. The van der Waals surface area contributed by atoms with Crippen molar-refractivity contribution in [2.75, 3.05) is 13.7 Å². The zero-order valence-corrected chi connectivity index (χ0v) is 19.1. The molecule has 1 N–H and O–H groups in total. The van der Waals surface area contributed by atoms with Crippen molar-refractivity contribution in [1.29, 1.82) is 0 Å². The standard InChI is InChI=1S/C27H26N2O5/c1-3-15-34-22-12-6-19(7-13-22)24-23(25(30)20-8-10-21(33-2)11-9-20)26(31)27(32)29(24)17-18-5-4-14-28-16-18/h4-14,16,24,30H,3,15,17H2,1-2H3/b25-23+. The summed E-state index contributed by atoms with van der Waals surface area (Å²) in [6, 6.07) is 16.8. The third-order valence-corrected chi connectivity index (χ3v) is 5.65. The number of ether oxygens (including phenoxy) is 2. The molecule has 1 fully saturated rings. The second-order valence-corrected chi connectivity index (χ2v) is 7.93. The minimum absolute atomic E-state index is 0.0429. The molecular weight excluding hydrogens is 432 g/mol. The van der Waals surface area contributed by atoms with Gasteiger partial charge in [-0.3, -0.25) is 14.6 Å². The quantitative estimate of drug-likeness (QED) is 0.304. The van der Waals surface area contributed by atoms with Gasteiger partial charge >= 0.3 is 0 Å². The Morgan fingerprint density at radius 2 is 1.74 bits per heavy atom. The molecule has 1 aliphatic heterocycles. The third-order valence-electron chi connectivity index (χ3n) is 5.65. The Morgan fingerprint density at radius 3 is 2.35 bits per heavy atom. The van der Waals surface area contributed by atoms with Crippen molar-refractivity contribution in [1.82, 2.24) is 9.88 Å². The first-order chi connectivity index (χ1) is 16.5. The smallest absolute Gasteiger partial charge is 0.295 e. The highest BCUT2D eigenvalue weighted by atomic mass is 16.5. The number of carbonyl (C=O) groups excluding carboxylic acids is 2. The van der Waals surface area contributed by atoms with E-state index in [1.54, 1.807) is 49.8 Å². The van der Waals surface area contributed by atoms with E-state index >= 15 is 0 Å². The molecule has 3 aromatic rings. The molecule has 2 aromatic carbocycles. The summed E-state index contributed by atoms with van der Waals surface area (Å²) in [7, 11) is 1.55. The van der Waals surface area contributed by atoms with Gasteiger partial charge in [-0.1, -0.05) is 25.1 Å². The number of likely N-dealkylation sites (tertiary alicyclic amines) is 1. The van der Waals surface area contributed by atoms with Crippen LogP contribution in [0.15, 0.2) is 78.6 Å². The van der Waals surface area contributed by atoms with Gasteiger partial charge in [0.15, 0.2) is 0 Å². The maximum atomic E-state index is 13.2. The van der Waals surface area contributed by atoms with Gasteiger partial charge < -0.3 is 19.5 Å². The lowest BCUT2D eigenvalue weighted by molar-refractivity contribution is -0.140. The number of nitrogens with zero attached hydrogens (tertiary/aromatic N) is 2. The number of aromatic nitrogens is 1. The largest absolute Gasteiger partial charge is 0.507 e. The van der Waals surface area contributed by atoms with Gasteiger partial charge in [-0.25, -0.2) is 0 Å². The molecule has 0 bridgehead atoms. The number of Topliss-reactive ketones (excluding diaryl/α,β-unsaturated/α-hetero) is 1. The van der Waals surface area contributed by atoms with Crippen molar-refractivity contribution in [3.63, 3.8) is 0 Å². The summed E-state index contributed by atoms with van der Waals surface area (Å²) in [5.74, 6) is -0.312. The zero-order valence-electron chi connectivity index (χ0n) is 19.1. The summed E-state index contributed by atoms with van der Waals surface area (Å²) in [5, 5.41) is 11.2. The number of carbonyl (C=O) groups is 2. The van der Waals surface area contributed by atoms with E-state index in [2.05, 4.69) is 4.98 Å². The van der Waals surface area contributed by atoms with Crippen LogP contribution in [-0.2, 0) is 16.1 Å². The van der Waals surface area contributed by atoms with E-state index in [1.165, 1.54) is 4.90 Å². The summed E-state index contributed by atoms with van der Waals surface area (Å²) >= 11 is 0. The van der Waals surface area contributed by atoms with Gasteiger partial charge in [0.05, 0.1) is 25.3 Å². The van der Waals surface area contributed by atoms with E-state index in [0.29, 0.717) is 29.2 Å². The molecule has 1 aliphatic rings. The Morgan fingerprint density at radius 1 is 1.03 bits per heavy atom. The predicted molar refractivity (Wildman–Crippen MR) is 127 cm³/mol. The van der Waals surface area contributed by atoms with Crippen LogP contribution in [0.25, 0.3) is 5.76 Å². The first-order valence-electron chi connectivity index (χ1n) is 11.1. The van der Waals surface area contributed by atoms with E-state index in [0.717, 1.165) is 12.0 Å². The SMILES string of the molecule is CCCOc1ccc(C2/C(=C(\O)c3ccc(OC)cc3)C(=O)C(=O)N2Cc2cccnc2)cc1. The van der Waals surface area contributed by atoms with Crippen LogP contribution in [0.5, 0.6) is 11.5 Å². The zero-order chi connectivity index (χ0) is 24.1. The fourth-order valence-electron chi connectivity index (χ4n) is 3.95. The molecule has 1 amide bonds. The second-order valence-electron chi connectivity index (χ2n) is 7.93. The average molecular weight is 459 g/mol. The fourth-order valence-corrected chi connectivity index (χ4v) is 3.95. The van der Waals surface area contributed by atoms with Crippen LogP contribution in [0.3, 0.4) is 0 Å². The van der Waals surface area contributed by atoms with Crippen molar-refractivity contribution in [3.8, 4) is 11.5 Å². The lowest BCUT2D eigenvalue weighted by atomic mass is 9.95. The normalized spacial score (nSPS) is 17.1. The molecule has 7 heteroatoms. The molecular formula is C27H26N2O5. The molecule has 2 heterocycles. The number of ketones is 1. The third kappa shape index (κ3) is 4.64. The number of methoxy groups -OCH3 is 1. The van der Waals surface area contributed by atoms with Gasteiger partial charge in [0, 0.05) is 24.5 Å². The van der Waals surface area contributed by atoms with E-state index in [1.807, 2.05) is 37.3 Å². The minimum Gasteiger partial charge on any atom is -0.507 e. The molecule has 4 rings (SSSR count). The lowest BCUT2D eigenvalue weighted by Crippen LogP contribution is -2.29. The summed E-state index contributed by atoms with van der Waals surface area (Å²) in [6.45, 7) is 2.80.